The average molecular weight is 566 g/mol. The summed E-state index contributed by atoms with van der Waals surface area (Å²) in [7, 11) is -4.53. The Labute approximate surface area is 238 Å². The molecule has 0 radical (unpaired) electrons. The second-order valence-electron chi connectivity index (χ2n) is 13.0. The number of pyridine rings is 1. The van der Waals surface area contributed by atoms with Gasteiger partial charge in [-0.05, 0) is 73.5 Å². The molecule has 1 amide bonds. The highest BCUT2D eigenvalue weighted by molar-refractivity contribution is 7.89. The summed E-state index contributed by atoms with van der Waals surface area (Å²) in [5, 5.41) is 3.20. The Bertz CT molecular complexity index is 1320. The number of aromatic nitrogens is 1. The number of carbonyl (C=O) groups excluding carboxylic acids is 1. The van der Waals surface area contributed by atoms with Gasteiger partial charge in [-0.3, -0.25) is 9.78 Å². The quantitative estimate of drug-likeness (QED) is 0.423. The molecule has 7 rings (SSSR count). The van der Waals surface area contributed by atoms with Crippen molar-refractivity contribution < 1.29 is 22.5 Å². The van der Waals surface area contributed by atoms with Crippen molar-refractivity contribution in [3.63, 3.8) is 0 Å². The fourth-order valence-corrected chi connectivity index (χ4v) is 8.64. The van der Waals surface area contributed by atoms with E-state index in [-0.39, 0.29) is 40.3 Å². The van der Waals surface area contributed by atoms with Gasteiger partial charge < -0.3 is 14.6 Å². The van der Waals surface area contributed by atoms with Crippen LogP contribution in [-0.4, -0.2) is 50.1 Å². The van der Waals surface area contributed by atoms with Gasteiger partial charge in [0.15, 0.2) is 0 Å². The summed E-state index contributed by atoms with van der Waals surface area (Å²) in [4.78, 5) is 17.9. The zero-order chi connectivity index (χ0) is 28.1. The molecule has 0 unspecified atom stereocenters. The summed E-state index contributed by atoms with van der Waals surface area (Å²) in [5.41, 5.74) is 0.708. The lowest BCUT2D eigenvalue weighted by Gasteiger charge is -2.64. The molecule has 4 saturated carbocycles. The number of carbonyl (C=O) groups is 1. The molecule has 6 atom stereocenters. The molecule has 214 valence electrons. The second kappa shape index (κ2) is 10.5. The van der Waals surface area contributed by atoms with E-state index in [9.17, 15) is 13.2 Å². The van der Waals surface area contributed by atoms with E-state index in [2.05, 4.69) is 35.8 Å². The van der Waals surface area contributed by atoms with Crippen LogP contribution in [0, 0.1) is 23.2 Å². The fourth-order valence-electron chi connectivity index (χ4n) is 7.48. The van der Waals surface area contributed by atoms with Crippen LogP contribution in [0.4, 0.5) is 0 Å². The van der Waals surface area contributed by atoms with Gasteiger partial charge in [0.25, 0.3) is 0 Å². The minimum Gasteiger partial charge on any atom is -0.404 e. The molecular weight excluding hydrogens is 525 g/mol. The zero-order valence-electron chi connectivity index (χ0n) is 23.6. The molecule has 2 heterocycles. The minimum atomic E-state index is -3.97. The van der Waals surface area contributed by atoms with E-state index in [1.54, 1.807) is 6.07 Å². The summed E-state index contributed by atoms with van der Waals surface area (Å²) >= 11 is 0. The number of sulfonamides is 1. The Balaban J connectivity index is 1.23. The van der Waals surface area contributed by atoms with Gasteiger partial charge in [0, 0.05) is 12.4 Å². The normalized spacial score (nSPS) is 30.5. The number of nitrogens with one attached hydrogen (secondary N) is 2. The van der Waals surface area contributed by atoms with E-state index in [1.807, 2.05) is 30.3 Å². The first kappa shape index (κ1) is 27.9. The van der Waals surface area contributed by atoms with Crippen LogP contribution in [0.15, 0.2) is 59.8 Å². The van der Waals surface area contributed by atoms with Crippen molar-refractivity contribution in [1.82, 2.24) is 15.0 Å². The fraction of sp³-hybridized carbons (Fsp3) is 0.600. The molecule has 1 aliphatic heterocycles. The Hall–Kier alpha value is -2.27. The van der Waals surface area contributed by atoms with Gasteiger partial charge in [0.1, 0.15) is 10.9 Å². The number of benzene rings is 1. The third kappa shape index (κ3) is 5.12. The standard InChI is InChI=1S/C30H40BN3O5S/c1-29(2)22-17-25(29)30(3)26(18-22)38-31(39-30)27(16-21-11-7-12-21)33-28(35)24(15-20-9-5-4-6-10-20)34-40(36,37)23-13-8-14-32-19-23/h4-6,8-10,13-14,19,21-22,24-27,34H,7,11-12,15-18H2,1-3H3,(H,33,35)/t22-,24+,25-,26-,27+,30+/m1/s1. The maximum Gasteiger partial charge on any atom is 0.481 e. The first-order chi connectivity index (χ1) is 19.1. The molecule has 5 fully saturated rings. The number of amides is 1. The van der Waals surface area contributed by atoms with E-state index < -0.39 is 23.2 Å². The Morgan fingerprint density at radius 2 is 1.90 bits per heavy atom. The summed E-state index contributed by atoms with van der Waals surface area (Å²) in [6, 6.07) is 11.5. The topological polar surface area (TPSA) is 107 Å². The van der Waals surface area contributed by atoms with Gasteiger partial charge in [0.2, 0.25) is 15.9 Å². The van der Waals surface area contributed by atoms with Gasteiger partial charge in [-0.2, -0.15) is 4.72 Å². The highest BCUT2D eigenvalue weighted by atomic mass is 32.2. The van der Waals surface area contributed by atoms with Crippen molar-refractivity contribution in [2.24, 2.45) is 23.2 Å². The lowest BCUT2D eigenvalue weighted by molar-refractivity contribution is -0.199. The van der Waals surface area contributed by atoms with E-state index in [0.717, 1.165) is 37.7 Å². The van der Waals surface area contributed by atoms with Crippen LogP contribution >= 0.6 is 0 Å². The smallest absolute Gasteiger partial charge is 0.404 e. The van der Waals surface area contributed by atoms with Crippen LogP contribution in [0.25, 0.3) is 0 Å². The molecule has 0 spiro atoms. The van der Waals surface area contributed by atoms with Crippen molar-refractivity contribution in [3.8, 4) is 0 Å². The van der Waals surface area contributed by atoms with Crippen LogP contribution in [0.1, 0.15) is 64.9 Å². The van der Waals surface area contributed by atoms with Crippen molar-refractivity contribution in [1.29, 1.82) is 0 Å². The maximum atomic E-state index is 13.9. The number of hydrogen-bond donors (Lipinski definition) is 2. The predicted octanol–water partition coefficient (Wildman–Crippen LogP) is 3.91. The monoisotopic (exact) mass is 565 g/mol. The first-order valence-electron chi connectivity index (χ1n) is 14.7. The molecule has 2 bridgehead atoms. The lowest BCUT2D eigenvalue weighted by atomic mass is 9.43. The average Bonchev–Trinajstić information content (AvgIpc) is 3.27. The van der Waals surface area contributed by atoms with E-state index in [4.69, 9.17) is 9.31 Å². The number of hydrogen-bond acceptors (Lipinski definition) is 6. The molecular formula is C30H40BN3O5S. The number of rotatable bonds is 10. The third-order valence-electron chi connectivity index (χ3n) is 10.3. The maximum absolute atomic E-state index is 13.9. The Morgan fingerprint density at radius 1 is 1.12 bits per heavy atom. The number of nitrogens with zero attached hydrogens (tertiary/aromatic N) is 1. The molecule has 5 aliphatic rings. The minimum absolute atomic E-state index is 0.0132. The van der Waals surface area contributed by atoms with Gasteiger partial charge >= 0.3 is 7.12 Å². The van der Waals surface area contributed by atoms with Crippen molar-refractivity contribution in [2.45, 2.75) is 94.3 Å². The van der Waals surface area contributed by atoms with Crippen LogP contribution < -0.4 is 10.0 Å². The van der Waals surface area contributed by atoms with E-state index in [0.29, 0.717) is 17.8 Å². The summed E-state index contributed by atoms with van der Waals surface area (Å²) in [6.07, 6.45) is 9.36. The van der Waals surface area contributed by atoms with Gasteiger partial charge in [0.05, 0.1) is 17.6 Å². The second-order valence-corrected chi connectivity index (χ2v) is 14.8. The Kier molecular flexibility index (Phi) is 7.34. The van der Waals surface area contributed by atoms with Gasteiger partial charge in [-0.15, -0.1) is 0 Å². The summed E-state index contributed by atoms with van der Waals surface area (Å²) in [5.74, 6) is 0.817. The summed E-state index contributed by atoms with van der Waals surface area (Å²) < 4.78 is 42.5. The third-order valence-corrected chi connectivity index (χ3v) is 11.7. The molecule has 10 heteroatoms. The Morgan fingerprint density at radius 3 is 2.55 bits per heavy atom. The van der Waals surface area contributed by atoms with Crippen LogP contribution in [0.3, 0.4) is 0 Å². The molecule has 1 aromatic heterocycles. The first-order valence-corrected chi connectivity index (χ1v) is 16.1. The zero-order valence-corrected chi connectivity index (χ0v) is 24.4. The highest BCUT2D eigenvalue weighted by Crippen LogP contribution is 2.65. The molecule has 2 N–H and O–H groups in total. The largest absolute Gasteiger partial charge is 0.481 e. The molecule has 2 aromatic rings. The van der Waals surface area contributed by atoms with E-state index in [1.165, 1.54) is 24.9 Å². The summed E-state index contributed by atoms with van der Waals surface area (Å²) in [6.45, 7) is 6.85. The molecule has 1 aromatic carbocycles. The van der Waals surface area contributed by atoms with Gasteiger partial charge in [-0.1, -0.05) is 63.4 Å². The van der Waals surface area contributed by atoms with Gasteiger partial charge in [-0.25, -0.2) is 8.42 Å². The van der Waals surface area contributed by atoms with Crippen LogP contribution in [0.5, 0.6) is 0 Å². The van der Waals surface area contributed by atoms with Crippen molar-refractivity contribution >= 4 is 23.0 Å². The van der Waals surface area contributed by atoms with Crippen molar-refractivity contribution in [2.75, 3.05) is 0 Å². The van der Waals surface area contributed by atoms with Crippen molar-refractivity contribution in [3.05, 3.63) is 60.4 Å². The highest BCUT2D eigenvalue weighted by Gasteiger charge is 2.68. The SMILES string of the molecule is CC1(C)[C@@H]2C[C@H]1[C@]1(C)OB([C@H](CC3CCC3)NC(=O)[C@H](Cc3ccccc3)NS(=O)(=O)c3cccnc3)O[C@@H]1C2. The molecule has 8 nitrogen and oxygen atoms in total. The molecule has 4 aliphatic carbocycles. The van der Waals surface area contributed by atoms with E-state index >= 15 is 0 Å². The van der Waals surface area contributed by atoms with Crippen LogP contribution in [0.2, 0.25) is 0 Å². The molecule has 40 heavy (non-hydrogen) atoms. The van der Waals surface area contributed by atoms with Crippen LogP contribution in [-0.2, 0) is 30.5 Å². The predicted molar refractivity (Wildman–Crippen MR) is 152 cm³/mol. The molecule has 1 saturated heterocycles. The lowest BCUT2D eigenvalue weighted by Crippen LogP contribution is -2.65.